The molecule has 150 valence electrons. The Bertz CT molecular complexity index is 1340. The number of H-pyrrole nitrogens is 1. The number of nitrogens with one attached hydrogen (secondary N) is 1. The van der Waals surface area contributed by atoms with Crippen molar-refractivity contribution in [1.29, 1.82) is 0 Å². The number of nitrogens with zero attached hydrogens (tertiary/aromatic N) is 2. The Hall–Kier alpha value is -3.87. The van der Waals surface area contributed by atoms with E-state index in [1.54, 1.807) is 11.1 Å². The highest BCUT2D eigenvalue weighted by molar-refractivity contribution is 6.13. The van der Waals surface area contributed by atoms with Crippen LogP contribution in [0.1, 0.15) is 27.6 Å². The Balaban J connectivity index is 1.64. The summed E-state index contributed by atoms with van der Waals surface area (Å²) in [6.45, 7) is 6.64. The molecule has 3 heterocycles. The summed E-state index contributed by atoms with van der Waals surface area (Å²) in [5, 5.41) is 8.83. The molecule has 7 heteroatoms. The molecule has 2 aromatic carbocycles. The van der Waals surface area contributed by atoms with Crippen LogP contribution in [0.25, 0.3) is 33.0 Å². The SMILES string of the molecule is C=CC(=O)N1CC(c2cc3ccc(-c4c(C)ccc5[nH]ncc45)c(C(N)=O)c3o2)C1. The molecule has 1 aliphatic heterocycles. The zero-order valence-corrected chi connectivity index (χ0v) is 16.4. The van der Waals surface area contributed by atoms with E-state index in [2.05, 4.69) is 16.8 Å². The first-order chi connectivity index (χ1) is 14.5. The summed E-state index contributed by atoms with van der Waals surface area (Å²) in [5.41, 5.74) is 10.2. The largest absolute Gasteiger partial charge is 0.460 e. The predicted octanol–water partition coefficient (Wildman–Crippen LogP) is 3.50. The second-order valence-corrected chi connectivity index (χ2v) is 7.65. The number of hydrogen-bond acceptors (Lipinski definition) is 4. The lowest BCUT2D eigenvalue weighted by atomic mass is 9.91. The highest BCUT2D eigenvalue weighted by Crippen LogP contribution is 2.39. The molecule has 0 radical (unpaired) electrons. The molecular weight excluding hydrogens is 380 g/mol. The number of fused-ring (bicyclic) bond motifs is 2. The zero-order valence-electron chi connectivity index (χ0n) is 16.4. The van der Waals surface area contributed by atoms with Crippen molar-refractivity contribution in [2.75, 3.05) is 13.1 Å². The lowest BCUT2D eigenvalue weighted by Crippen LogP contribution is -2.47. The third-order valence-electron chi connectivity index (χ3n) is 5.82. The number of aromatic amines is 1. The van der Waals surface area contributed by atoms with Gasteiger partial charge < -0.3 is 15.1 Å². The third kappa shape index (κ3) is 2.62. The van der Waals surface area contributed by atoms with Gasteiger partial charge in [0.15, 0.2) is 0 Å². The predicted molar refractivity (Wildman–Crippen MR) is 114 cm³/mol. The molecular formula is C23H20N4O3. The van der Waals surface area contributed by atoms with Crippen LogP contribution < -0.4 is 5.73 Å². The lowest BCUT2D eigenvalue weighted by Gasteiger charge is -2.37. The van der Waals surface area contributed by atoms with Crippen LogP contribution in [0.5, 0.6) is 0 Å². The summed E-state index contributed by atoms with van der Waals surface area (Å²) in [7, 11) is 0. The van der Waals surface area contributed by atoms with Crippen molar-refractivity contribution in [3.63, 3.8) is 0 Å². The van der Waals surface area contributed by atoms with Crippen LogP contribution >= 0.6 is 0 Å². The number of hydrogen-bond donors (Lipinski definition) is 2. The molecule has 0 aliphatic carbocycles. The van der Waals surface area contributed by atoms with Crippen LogP contribution in [0.2, 0.25) is 0 Å². The molecule has 0 bridgehead atoms. The van der Waals surface area contributed by atoms with Gasteiger partial charge in [-0.05, 0) is 41.8 Å². The van der Waals surface area contributed by atoms with Gasteiger partial charge in [-0.2, -0.15) is 5.10 Å². The van der Waals surface area contributed by atoms with E-state index in [0.717, 1.165) is 38.7 Å². The third-order valence-corrected chi connectivity index (χ3v) is 5.82. The number of aromatic nitrogens is 2. The molecule has 1 fully saturated rings. The molecule has 3 N–H and O–H groups in total. The van der Waals surface area contributed by atoms with Gasteiger partial charge in [-0.3, -0.25) is 14.7 Å². The number of carbonyl (C=O) groups excluding carboxylic acids is 2. The monoisotopic (exact) mass is 400 g/mol. The fraction of sp³-hybridized carbons (Fsp3) is 0.174. The Labute approximate surface area is 172 Å². The van der Waals surface area contributed by atoms with E-state index in [9.17, 15) is 9.59 Å². The van der Waals surface area contributed by atoms with E-state index in [4.69, 9.17) is 10.2 Å². The normalized spacial score (nSPS) is 14.2. The number of nitrogens with two attached hydrogens (primary N) is 1. The van der Waals surface area contributed by atoms with E-state index >= 15 is 0 Å². The van der Waals surface area contributed by atoms with Crippen molar-refractivity contribution in [2.24, 2.45) is 5.73 Å². The first-order valence-electron chi connectivity index (χ1n) is 9.68. The standard InChI is InChI=1S/C23H20N4O3/c1-3-19(28)27-10-14(11-27)18-8-13-5-6-15(21(23(24)29)22(13)30-18)20-12(2)4-7-17-16(20)9-25-26-17/h3-9,14H,1,10-11H2,2H3,(H2,24,29)(H,25,26). The minimum Gasteiger partial charge on any atom is -0.460 e. The van der Waals surface area contributed by atoms with Crippen molar-refractivity contribution in [3.05, 3.63) is 66.1 Å². The molecule has 0 atom stereocenters. The van der Waals surface area contributed by atoms with E-state index < -0.39 is 5.91 Å². The summed E-state index contributed by atoms with van der Waals surface area (Å²) >= 11 is 0. The van der Waals surface area contributed by atoms with Crippen LogP contribution in [-0.2, 0) is 4.79 Å². The minimum atomic E-state index is -0.548. The molecule has 0 spiro atoms. The van der Waals surface area contributed by atoms with Crippen molar-refractivity contribution >= 4 is 33.7 Å². The summed E-state index contributed by atoms with van der Waals surface area (Å²) < 4.78 is 6.13. The van der Waals surface area contributed by atoms with Crippen molar-refractivity contribution in [3.8, 4) is 11.1 Å². The van der Waals surface area contributed by atoms with Crippen molar-refractivity contribution < 1.29 is 14.0 Å². The second-order valence-electron chi connectivity index (χ2n) is 7.65. The quantitative estimate of drug-likeness (QED) is 0.512. The summed E-state index contributed by atoms with van der Waals surface area (Å²) in [6.07, 6.45) is 3.06. The fourth-order valence-corrected chi connectivity index (χ4v) is 4.23. The molecule has 2 amide bonds. The first-order valence-corrected chi connectivity index (χ1v) is 9.68. The van der Waals surface area contributed by atoms with E-state index in [-0.39, 0.29) is 11.8 Å². The average Bonchev–Trinajstić information content (AvgIpc) is 3.32. The minimum absolute atomic E-state index is 0.0875. The van der Waals surface area contributed by atoms with Crippen LogP contribution in [0.15, 0.2) is 53.6 Å². The maximum Gasteiger partial charge on any atom is 0.253 e. The Kier molecular flexibility index (Phi) is 3.99. The molecule has 4 aromatic rings. The summed E-state index contributed by atoms with van der Waals surface area (Å²) in [6, 6.07) is 9.72. The van der Waals surface area contributed by atoms with Gasteiger partial charge in [0.1, 0.15) is 11.3 Å². The molecule has 1 saturated heterocycles. The van der Waals surface area contributed by atoms with E-state index in [0.29, 0.717) is 24.2 Å². The summed E-state index contributed by atoms with van der Waals surface area (Å²) in [4.78, 5) is 25.9. The van der Waals surface area contributed by atoms with Crippen molar-refractivity contribution in [1.82, 2.24) is 15.1 Å². The highest BCUT2D eigenvalue weighted by Gasteiger charge is 2.33. The zero-order chi connectivity index (χ0) is 21.0. The number of rotatable bonds is 4. The number of likely N-dealkylation sites (tertiary alicyclic amines) is 1. The number of carbonyl (C=O) groups is 2. The second kappa shape index (κ2) is 6.59. The fourth-order valence-electron chi connectivity index (χ4n) is 4.23. The van der Waals surface area contributed by atoms with Gasteiger partial charge in [-0.15, -0.1) is 0 Å². The number of benzene rings is 2. The van der Waals surface area contributed by atoms with Gasteiger partial charge >= 0.3 is 0 Å². The molecule has 2 aromatic heterocycles. The Morgan fingerprint density at radius 2 is 2.10 bits per heavy atom. The molecule has 0 unspecified atom stereocenters. The number of primary amides is 1. The van der Waals surface area contributed by atoms with Gasteiger partial charge in [0.2, 0.25) is 5.91 Å². The molecule has 1 aliphatic rings. The van der Waals surface area contributed by atoms with Gasteiger partial charge in [0.25, 0.3) is 5.91 Å². The molecule has 0 saturated carbocycles. The first kappa shape index (κ1) is 18.2. The number of furan rings is 1. The van der Waals surface area contributed by atoms with Crippen molar-refractivity contribution in [2.45, 2.75) is 12.8 Å². The average molecular weight is 400 g/mol. The Morgan fingerprint density at radius 3 is 2.83 bits per heavy atom. The maximum absolute atomic E-state index is 12.5. The Morgan fingerprint density at radius 1 is 1.30 bits per heavy atom. The van der Waals surface area contributed by atoms with Gasteiger partial charge in [0, 0.05) is 23.9 Å². The van der Waals surface area contributed by atoms with Crippen LogP contribution in [0, 0.1) is 6.92 Å². The topological polar surface area (TPSA) is 105 Å². The molecule has 30 heavy (non-hydrogen) atoms. The van der Waals surface area contributed by atoms with Crippen LogP contribution in [-0.4, -0.2) is 40.0 Å². The van der Waals surface area contributed by atoms with Gasteiger partial charge in [0.05, 0.1) is 23.2 Å². The number of aryl methyl sites for hydroxylation is 1. The number of amides is 2. The molecule has 5 rings (SSSR count). The van der Waals surface area contributed by atoms with Gasteiger partial charge in [-0.25, -0.2) is 0 Å². The lowest BCUT2D eigenvalue weighted by molar-refractivity contribution is -0.130. The molecule has 7 nitrogen and oxygen atoms in total. The van der Waals surface area contributed by atoms with E-state index in [1.807, 2.05) is 37.3 Å². The van der Waals surface area contributed by atoms with Crippen LogP contribution in [0.3, 0.4) is 0 Å². The summed E-state index contributed by atoms with van der Waals surface area (Å²) in [5.74, 6) is 0.195. The van der Waals surface area contributed by atoms with Crippen LogP contribution in [0.4, 0.5) is 0 Å². The smallest absolute Gasteiger partial charge is 0.253 e. The van der Waals surface area contributed by atoms with E-state index in [1.165, 1.54) is 6.08 Å². The highest BCUT2D eigenvalue weighted by atomic mass is 16.3. The van der Waals surface area contributed by atoms with Gasteiger partial charge in [-0.1, -0.05) is 24.8 Å². The maximum atomic E-state index is 12.5.